The Kier molecular flexibility index (Phi) is 1.92. The standard InChI is InChI=1S/C10H10FNO3/c1-10(2)5-6-7(11)3-4-8(12(13)14)9(6)15-10/h3-4H,5H2,1-2H3. The molecule has 0 radical (unpaired) electrons. The molecule has 0 bridgehead atoms. The van der Waals surface area contributed by atoms with E-state index in [4.69, 9.17) is 4.74 Å². The molecule has 80 valence electrons. The van der Waals surface area contributed by atoms with E-state index in [-0.39, 0.29) is 11.4 Å². The zero-order chi connectivity index (χ0) is 11.2. The van der Waals surface area contributed by atoms with Crippen LogP contribution in [-0.4, -0.2) is 10.5 Å². The van der Waals surface area contributed by atoms with Crippen molar-refractivity contribution in [2.24, 2.45) is 0 Å². The van der Waals surface area contributed by atoms with E-state index in [1.165, 1.54) is 0 Å². The van der Waals surface area contributed by atoms with Crippen LogP contribution >= 0.6 is 0 Å². The molecule has 0 unspecified atom stereocenters. The van der Waals surface area contributed by atoms with Crippen molar-refractivity contribution in [2.45, 2.75) is 25.9 Å². The Morgan fingerprint density at radius 1 is 1.53 bits per heavy atom. The van der Waals surface area contributed by atoms with Crippen LogP contribution in [0.1, 0.15) is 19.4 Å². The van der Waals surface area contributed by atoms with Gasteiger partial charge in [-0.2, -0.15) is 0 Å². The van der Waals surface area contributed by atoms with Crippen LogP contribution in [0.4, 0.5) is 10.1 Å². The van der Waals surface area contributed by atoms with E-state index in [0.717, 1.165) is 12.1 Å². The highest BCUT2D eigenvalue weighted by molar-refractivity contribution is 5.55. The Morgan fingerprint density at radius 2 is 2.20 bits per heavy atom. The number of halogens is 1. The molecule has 0 saturated carbocycles. The Labute approximate surface area is 85.8 Å². The summed E-state index contributed by atoms with van der Waals surface area (Å²) in [7, 11) is 0. The van der Waals surface area contributed by atoms with E-state index < -0.39 is 16.3 Å². The molecule has 0 amide bonds. The average Bonchev–Trinajstić information content (AvgIpc) is 2.41. The molecule has 1 aromatic rings. The van der Waals surface area contributed by atoms with E-state index in [1.807, 2.05) is 0 Å². The summed E-state index contributed by atoms with van der Waals surface area (Å²) in [6.07, 6.45) is 0.357. The highest BCUT2D eigenvalue weighted by Crippen LogP contribution is 2.42. The first-order valence-electron chi connectivity index (χ1n) is 4.55. The first-order valence-corrected chi connectivity index (χ1v) is 4.55. The molecule has 2 rings (SSSR count). The minimum Gasteiger partial charge on any atom is -0.480 e. The van der Waals surface area contributed by atoms with Gasteiger partial charge in [0.1, 0.15) is 11.4 Å². The van der Waals surface area contributed by atoms with Crippen molar-refractivity contribution < 1.29 is 14.1 Å². The summed E-state index contributed by atoms with van der Waals surface area (Å²) in [6, 6.07) is 2.25. The van der Waals surface area contributed by atoms with E-state index in [2.05, 4.69) is 0 Å². The molecule has 0 N–H and O–H groups in total. The number of fused-ring (bicyclic) bond motifs is 1. The Hall–Kier alpha value is -1.65. The zero-order valence-corrected chi connectivity index (χ0v) is 8.41. The van der Waals surface area contributed by atoms with Gasteiger partial charge in [0.25, 0.3) is 0 Å². The number of nitrogens with zero attached hydrogens (tertiary/aromatic N) is 1. The summed E-state index contributed by atoms with van der Waals surface area (Å²) in [5.41, 5.74) is -0.443. The lowest BCUT2D eigenvalue weighted by Crippen LogP contribution is -2.24. The van der Waals surface area contributed by atoms with Crippen LogP contribution in [0.2, 0.25) is 0 Å². The lowest BCUT2D eigenvalue weighted by Gasteiger charge is -2.16. The third-order valence-electron chi connectivity index (χ3n) is 2.36. The second-order valence-corrected chi connectivity index (χ2v) is 4.17. The van der Waals surface area contributed by atoms with Gasteiger partial charge in [0, 0.05) is 18.1 Å². The molecule has 0 fully saturated rings. The van der Waals surface area contributed by atoms with Gasteiger partial charge in [-0.25, -0.2) is 4.39 Å². The monoisotopic (exact) mass is 211 g/mol. The lowest BCUT2D eigenvalue weighted by molar-refractivity contribution is -0.386. The maximum Gasteiger partial charge on any atom is 0.311 e. The minimum absolute atomic E-state index is 0.0741. The second-order valence-electron chi connectivity index (χ2n) is 4.17. The molecule has 0 aliphatic carbocycles. The third-order valence-corrected chi connectivity index (χ3v) is 2.36. The fourth-order valence-corrected chi connectivity index (χ4v) is 1.75. The van der Waals surface area contributed by atoms with Gasteiger partial charge >= 0.3 is 5.69 Å². The Morgan fingerprint density at radius 3 is 2.80 bits per heavy atom. The number of hydrogen-bond acceptors (Lipinski definition) is 3. The van der Waals surface area contributed by atoms with E-state index in [1.54, 1.807) is 13.8 Å². The smallest absolute Gasteiger partial charge is 0.311 e. The molecule has 1 aliphatic rings. The third kappa shape index (κ3) is 1.54. The van der Waals surface area contributed by atoms with Crippen LogP contribution < -0.4 is 4.74 Å². The van der Waals surface area contributed by atoms with Crippen LogP contribution in [0.15, 0.2) is 12.1 Å². The summed E-state index contributed by atoms with van der Waals surface area (Å²) in [6.45, 7) is 3.55. The molecule has 0 saturated heterocycles. The van der Waals surface area contributed by atoms with Crippen LogP contribution in [0, 0.1) is 15.9 Å². The predicted molar refractivity (Wildman–Crippen MR) is 51.5 cm³/mol. The number of benzene rings is 1. The summed E-state index contributed by atoms with van der Waals surface area (Å²) in [5, 5.41) is 10.7. The van der Waals surface area contributed by atoms with Gasteiger partial charge in [0.2, 0.25) is 5.75 Å². The Bertz CT molecular complexity index is 443. The molecular formula is C10H10FNO3. The van der Waals surface area contributed by atoms with E-state index in [9.17, 15) is 14.5 Å². The number of ether oxygens (including phenoxy) is 1. The van der Waals surface area contributed by atoms with Crippen LogP contribution in [-0.2, 0) is 6.42 Å². The summed E-state index contributed by atoms with van der Waals surface area (Å²) < 4.78 is 18.8. The van der Waals surface area contributed by atoms with Gasteiger partial charge in [-0.1, -0.05) is 0 Å². The minimum atomic E-state index is -0.574. The van der Waals surface area contributed by atoms with Gasteiger partial charge in [0.05, 0.1) is 4.92 Å². The molecule has 1 aromatic carbocycles. The van der Waals surface area contributed by atoms with Gasteiger partial charge in [-0.3, -0.25) is 10.1 Å². The Balaban J connectivity index is 2.60. The predicted octanol–water partition coefficient (Wildman–Crippen LogP) is 2.45. The lowest BCUT2D eigenvalue weighted by atomic mass is 10.0. The largest absolute Gasteiger partial charge is 0.480 e. The summed E-state index contributed by atoms with van der Waals surface area (Å²) in [5.74, 6) is -0.369. The highest BCUT2D eigenvalue weighted by atomic mass is 19.1. The molecule has 0 atom stereocenters. The van der Waals surface area contributed by atoms with Crippen LogP contribution in [0.3, 0.4) is 0 Å². The first-order chi connectivity index (χ1) is 6.91. The quantitative estimate of drug-likeness (QED) is 0.529. The fourth-order valence-electron chi connectivity index (χ4n) is 1.75. The summed E-state index contributed by atoms with van der Waals surface area (Å²) in [4.78, 5) is 10.1. The van der Waals surface area contributed by atoms with Crippen LogP contribution in [0.25, 0.3) is 0 Å². The molecule has 5 heteroatoms. The number of hydrogen-bond donors (Lipinski definition) is 0. The number of nitro benzene ring substituents is 1. The number of nitro groups is 1. The molecule has 15 heavy (non-hydrogen) atoms. The molecule has 1 heterocycles. The second kappa shape index (κ2) is 2.92. The molecule has 0 aromatic heterocycles. The summed E-state index contributed by atoms with van der Waals surface area (Å²) >= 11 is 0. The SMILES string of the molecule is CC1(C)Cc2c(F)ccc([N+](=O)[O-])c2O1. The molecule has 1 aliphatic heterocycles. The van der Waals surface area contributed by atoms with Gasteiger partial charge in [-0.15, -0.1) is 0 Å². The van der Waals surface area contributed by atoms with Gasteiger partial charge in [0.15, 0.2) is 0 Å². The molecular weight excluding hydrogens is 201 g/mol. The highest BCUT2D eigenvalue weighted by Gasteiger charge is 2.37. The van der Waals surface area contributed by atoms with Crippen molar-refractivity contribution in [1.82, 2.24) is 0 Å². The van der Waals surface area contributed by atoms with E-state index in [0.29, 0.717) is 12.0 Å². The van der Waals surface area contributed by atoms with Gasteiger partial charge in [-0.05, 0) is 19.9 Å². The van der Waals surface area contributed by atoms with Crippen molar-refractivity contribution >= 4 is 5.69 Å². The maximum atomic E-state index is 13.4. The zero-order valence-electron chi connectivity index (χ0n) is 8.41. The van der Waals surface area contributed by atoms with Crippen molar-refractivity contribution in [3.8, 4) is 5.75 Å². The first kappa shape index (κ1) is 9.89. The maximum absolute atomic E-state index is 13.4. The van der Waals surface area contributed by atoms with Gasteiger partial charge < -0.3 is 4.74 Å². The van der Waals surface area contributed by atoms with Crippen molar-refractivity contribution in [1.29, 1.82) is 0 Å². The number of rotatable bonds is 1. The topological polar surface area (TPSA) is 52.4 Å². The normalized spacial score (nSPS) is 17.0. The van der Waals surface area contributed by atoms with Crippen molar-refractivity contribution in [3.05, 3.63) is 33.6 Å². The van der Waals surface area contributed by atoms with Crippen molar-refractivity contribution in [3.63, 3.8) is 0 Å². The van der Waals surface area contributed by atoms with E-state index >= 15 is 0 Å². The average molecular weight is 211 g/mol. The molecule has 4 nitrogen and oxygen atoms in total. The van der Waals surface area contributed by atoms with Crippen LogP contribution in [0.5, 0.6) is 5.75 Å². The molecule has 0 spiro atoms. The fraction of sp³-hybridized carbons (Fsp3) is 0.400. The van der Waals surface area contributed by atoms with Crippen molar-refractivity contribution in [2.75, 3.05) is 0 Å².